The van der Waals surface area contributed by atoms with Crippen LogP contribution < -0.4 is 16.0 Å². The van der Waals surface area contributed by atoms with E-state index in [2.05, 4.69) is 16.0 Å². The Labute approximate surface area is 177 Å². The minimum Gasteiger partial charge on any atom is -0.374 e. The van der Waals surface area contributed by atoms with Crippen molar-refractivity contribution in [1.82, 2.24) is 16.0 Å². The van der Waals surface area contributed by atoms with Crippen LogP contribution in [-0.4, -0.2) is 35.2 Å². The highest BCUT2D eigenvalue weighted by Crippen LogP contribution is 2.56. The van der Waals surface area contributed by atoms with Gasteiger partial charge in [0.25, 0.3) is 0 Å². The largest absolute Gasteiger partial charge is 0.374 e. The number of halogens is 2. The third-order valence-corrected chi connectivity index (χ3v) is 6.23. The first-order chi connectivity index (χ1) is 13.1. The molecule has 1 aromatic carbocycles. The Morgan fingerprint density at radius 1 is 1.21 bits per heavy atom. The second kappa shape index (κ2) is 8.49. The molecular formula is C21H31Cl2N3O2. The number of amides is 1. The van der Waals surface area contributed by atoms with Crippen LogP contribution in [0.3, 0.4) is 0 Å². The highest BCUT2D eigenvalue weighted by atomic mass is 35.5. The van der Waals surface area contributed by atoms with Crippen molar-refractivity contribution in [2.45, 2.75) is 76.7 Å². The Bertz CT molecular complexity index is 692. The van der Waals surface area contributed by atoms with Crippen molar-refractivity contribution in [3.8, 4) is 0 Å². The van der Waals surface area contributed by atoms with Crippen LogP contribution in [0.4, 0.5) is 0 Å². The van der Waals surface area contributed by atoms with E-state index in [0.29, 0.717) is 34.2 Å². The molecule has 7 heteroatoms. The number of carbonyl (C=O) groups is 1. The molecule has 2 saturated carbocycles. The van der Waals surface area contributed by atoms with Gasteiger partial charge in [0.2, 0.25) is 5.91 Å². The molecule has 0 aliphatic heterocycles. The molecule has 2 unspecified atom stereocenters. The quantitative estimate of drug-likeness (QED) is 0.521. The smallest absolute Gasteiger partial charge is 0.234 e. The van der Waals surface area contributed by atoms with Gasteiger partial charge in [0.15, 0.2) is 0 Å². The maximum absolute atomic E-state index is 12.0. The van der Waals surface area contributed by atoms with Crippen LogP contribution >= 0.6 is 23.2 Å². The lowest BCUT2D eigenvalue weighted by Crippen LogP contribution is -2.47. The van der Waals surface area contributed by atoms with E-state index in [4.69, 9.17) is 23.2 Å². The fourth-order valence-electron chi connectivity index (χ4n) is 4.25. The predicted octanol–water partition coefficient (Wildman–Crippen LogP) is 3.78. The molecule has 2 fully saturated rings. The highest BCUT2D eigenvalue weighted by molar-refractivity contribution is 6.34. The number of aliphatic hydroxyl groups excluding tert-OH is 1. The summed E-state index contributed by atoms with van der Waals surface area (Å²) in [6.07, 6.45) is 4.63. The van der Waals surface area contributed by atoms with Gasteiger partial charge in [-0.3, -0.25) is 10.1 Å². The molecule has 0 bridgehead atoms. The van der Waals surface area contributed by atoms with Gasteiger partial charge in [-0.25, -0.2) is 0 Å². The molecule has 1 aromatic rings. The molecule has 28 heavy (non-hydrogen) atoms. The van der Waals surface area contributed by atoms with Crippen molar-refractivity contribution in [2.24, 2.45) is 5.41 Å². The fraction of sp³-hybridized carbons (Fsp3) is 0.667. The van der Waals surface area contributed by atoms with Crippen LogP contribution in [0, 0.1) is 5.41 Å². The van der Waals surface area contributed by atoms with Crippen LogP contribution in [0.25, 0.3) is 0 Å². The van der Waals surface area contributed by atoms with Gasteiger partial charge in [-0.2, -0.15) is 0 Å². The van der Waals surface area contributed by atoms with Crippen molar-refractivity contribution < 1.29 is 9.90 Å². The maximum Gasteiger partial charge on any atom is 0.234 e. The summed E-state index contributed by atoms with van der Waals surface area (Å²) in [5, 5.41) is 21.3. The van der Waals surface area contributed by atoms with Gasteiger partial charge < -0.3 is 15.7 Å². The Morgan fingerprint density at radius 3 is 2.39 bits per heavy atom. The van der Waals surface area contributed by atoms with Gasteiger partial charge in [-0.05, 0) is 82.1 Å². The summed E-state index contributed by atoms with van der Waals surface area (Å²) in [6.45, 7) is 6.33. The van der Waals surface area contributed by atoms with Crippen LogP contribution in [-0.2, 0) is 4.79 Å². The van der Waals surface area contributed by atoms with E-state index in [-0.39, 0.29) is 16.9 Å². The zero-order valence-electron chi connectivity index (χ0n) is 16.8. The first-order valence-electron chi connectivity index (χ1n) is 10.0. The van der Waals surface area contributed by atoms with Crippen molar-refractivity contribution in [1.29, 1.82) is 0 Å². The Balaban J connectivity index is 1.42. The fourth-order valence-corrected chi connectivity index (χ4v) is 4.79. The molecular weight excluding hydrogens is 397 g/mol. The van der Waals surface area contributed by atoms with Crippen molar-refractivity contribution in [3.05, 3.63) is 33.8 Å². The lowest BCUT2D eigenvalue weighted by Gasteiger charge is -2.31. The first kappa shape index (κ1) is 21.8. The van der Waals surface area contributed by atoms with Crippen molar-refractivity contribution >= 4 is 29.1 Å². The maximum atomic E-state index is 12.0. The average molecular weight is 428 g/mol. The molecule has 0 heterocycles. The Hall–Kier alpha value is -0.850. The van der Waals surface area contributed by atoms with E-state index in [9.17, 15) is 9.90 Å². The molecule has 3 rings (SSSR count). The lowest BCUT2D eigenvalue weighted by molar-refractivity contribution is -0.121. The third-order valence-electron chi connectivity index (χ3n) is 5.80. The molecule has 5 nitrogen and oxygen atoms in total. The molecule has 2 atom stereocenters. The van der Waals surface area contributed by atoms with Crippen LogP contribution in [0.1, 0.15) is 64.7 Å². The van der Waals surface area contributed by atoms with Gasteiger partial charge in [0, 0.05) is 27.7 Å². The van der Waals surface area contributed by atoms with Gasteiger partial charge in [-0.1, -0.05) is 23.2 Å². The molecule has 1 amide bonds. The summed E-state index contributed by atoms with van der Waals surface area (Å²) in [7, 11) is 0. The standard InChI is InChI=1S/C21H31Cl2N3O2/c1-20(2,3)26-18(27)12-24-16-4-6-21(7-5-16)11-17(21)25-19(28)13-8-14(22)10-15(23)9-13/h8-10,16-17,19,24-25,28H,4-7,11-12H2,1-3H3,(H,26,27). The molecule has 0 aromatic heterocycles. The van der Waals surface area contributed by atoms with E-state index >= 15 is 0 Å². The summed E-state index contributed by atoms with van der Waals surface area (Å²) >= 11 is 12.1. The Kier molecular flexibility index (Phi) is 6.62. The van der Waals surface area contributed by atoms with Crippen LogP contribution in [0.2, 0.25) is 10.0 Å². The molecule has 156 valence electrons. The van der Waals surface area contributed by atoms with E-state index in [1.54, 1.807) is 18.2 Å². The SMILES string of the molecule is CC(C)(C)NC(=O)CNC1CCC2(CC1)CC2NC(O)c1cc(Cl)cc(Cl)c1. The zero-order valence-corrected chi connectivity index (χ0v) is 18.3. The summed E-state index contributed by atoms with van der Waals surface area (Å²) in [6, 6.07) is 5.83. The topological polar surface area (TPSA) is 73.4 Å². The third kappa shape index (κ3) is 5.83. The number of rotatable bonds is 6. The van der Waals surface area contributed by atoms with Gasteiger partial charge in [0.1, 0.15) is 6.23 Å². The van der Waals surface area contributed by atoms with Crippen LogP contribution in [0.5, 0.6) is 0 Å². The van der Waals surface area contributed by atoms with Crippen LogP contribution in [0.15, 0.2) is 18.2 Å². The summed E-state index contributed by atoms with van der Waals surface area (Å²) in [4.78, 5) is 12.0. The lowest BCUT2D eigenvalue weighted by atomic mass is 9.82. The monoisotopic (exact) mass is 427 g/mol. The highest BCUT2D eigenvalue weighted by Gasteiger charge is 2.55. The molecule has 0 radical (unpaired) electrons. The number of aliphatic hydroxyl groups is 1. The van der Waals surface area contributed by atoms with E-state index in [1.807, 2.05) is 20.8 Å². The van der Waals surface area contributed by atoms with Crippen molar-refractivity contribution in [3.63, 3.8) is 0 Å². The molecule has 4 N–H and O–H groups in total. The van der Waals surface area contributed by atoms with E-state index in [1.165, 1.54) is 0 Å². The number of hydrogen-bond donors (Lipinski definition) is 4. The van der Waals surface area contributed by atoms with Crippen molar-refractivity contribution in [2.75, 3.05) is 6.54 Å². The second-order valence-corrected chi connectivity index (χ2v) is 10.2. The Morgan fingerprint density at radius 2 is 1.82 bits per heavy atom. The normalized spacial score (nSPS) is 28.2. The average Bonchev–Trinajstić information content (AvgIpc) is 3.23. The minimum atomic E-state index is -0.766. The zero-order chi connectivity index (χ0) is 20.5. The number of carbonyl (C=O) groups excluding carboxylic acids is 1. The second-order valence-electron chi connectivity index (χ2n) is 9.34. The van der Waals surface area contributed by atoms with Gasteiger partial charge in [-0.15, -0.1) is 0 Å². The molecule has 0 saturated heterocycles. The summed E-state index contributed by atoms with van der Waals surface area (Å²) in [5.74, 6) is 0.0436. The van der Waals surface area contributed by atoms with E-state index < -0.39 is 6.23 Å². The molecule has 1 spiro atoms. The van der Waals surface area contributed by atoms with E-state index in [0.717, 1.165) is 32.1 Å². The number of nitrogens with one attached hydrogen (secondary N) is 3. The number of benzene rings is 1. The summed E-state index contributed by atoms with van der Waals surface area (Å²) in [5.41, 5.74) is 0.769. The number of hydrogen-bond acceptors (Lipinski definition) is 4. The predicted molar refractivity (Wildman–Crippen MR) is 114 cm³/mol. The van der Waals surface area contributed by atoms with Gasteiger partial charge in [0.05, 0.1) is 6.54 Å². The minimum absolute atomic E-state index is 0.0436. The molecule has 2 aliphatic carbocycles. The first-order valence-corrected chi connectivity index (χ1v) is 10.8. The summed E-state index contributed by atoms with van der Waals surface area (Å²) < 4.78 is 0. The van der Waals surface area contributed by atoms with Gasteiger partial charge >= 0.3 is 0 Å². The molecule has 2 aliphatic rings.